The minimum atomic E-state index is -1.00. The first-order chi connectivity index (χ1) is 4.18. The van der Waals surface area contributed by atoms with Gasteiger partial charge in [-0.15, -0.1) is 0 Å². The molecule has 0 heterocycles. The summed E-state index contributed by atoms with van der Waals surface area (Å²) in [6.07, 6.45) is 2.14. The van der Waals surface area contributed by atoms with Crippen LogP contribution in [0.25, 0.3) is 0 Å². The molecule has 0 aliphatic carbocycles. The molecule has 56 valence electrons. The van der Waals surface area contributed by atoms with E-state index in [4.69, 9.17) is 0 Å². The summed E-state index contributed by atoms with van der Waals surface area (Å²) in [5.41, 5.74) is 0. The summed E-state index contributed by atoms with van der Waals surface area (Å²) in [7, 11) is 0. The fourth-order valence-corrected chi connectivity index (χ4v) is 0.898. The zero-order chi connectivity index (χ0) is 7.33. The van der Waals surface area contributed by atoms with Gasteiger partial charge in [-0.2, -0.15) is 0 Å². The van der Waals surface area contributed by atoms with E-state index in [1.54, 1.807) is 0 Å². The van der Waals surface area contributed by atoms with E-state index in [0.717, 1.165) is 6.42 Å². The number of hydrogen-bond donors (Lipinski definition) is 2. The van der Waals surface area contributed by atoms with Crippen LogP contribution in [0.5, 0.6) is 0 Å². The van der Waals surface area contributed by atoms with Gasteiger partial charge in [0.2, 0.25) is 0 Å². The lowest BCUT2D eigenvalue weighted by molar-refractivity contribution is -0.131. The molecule has 1 unspecified atom stereocenters. The lowest BCUT2D eigenvalue weighted by atomic mass is 10.1. The molecule has 0 bridgehead atoms. The van der Waals surface area contributed by atoms with E-state index in [9.17, 15) is 5.11 Å². The fourth-order valence-electron chi connectivity index (χ4n) is 0.678. The number of hydrogen-bond acceptors (Lipinski definition) is 3. The van der Waals surface area contributed by atoms with E-state index in [2.05, 4.69) is 17.1 Å². The van der Waals surface area contributed by atoms with Crippen LogP contribution in [0, 0.1) is 0 Å². The maximum absolute atomic E-state index is 9.33. The Bertz CT molecular complexity index is 71.5. The number of aliphatic hydroxyl groups is 1. The molecule has 0 radical (unpaired) electrons. The average Bonchev–Trinajstić information content (AvgIpc) is 1.89. The van der Waals surface area contributed by atoms with Gasteiger partial charge in [0.15, 0.2) is 5.79 Å². The van der Waals surface area contributed by atoms with Crippen LogP contribution < -0.4 is 0 Å². The summed E-state index contributed by atoms with van der Waals surface area (Å²) in [6, 6.07) is 0. The van der Waals surface area contributed by atoms with Crippen LogP contribution in [0.2, 0.25) is 0 Å². The quantitative estimate of drug-likeness (QED) is 0.363. The molecule has 1 N–H and O–H groups in total. The van der Waals surface area contributed by atoms with Crippen LogP contribution in [-0.2, 0) is 4.18 Å². The Morgan fingerprint density at radius 1 is 1.56 bits per heavy atom. The molecular weight excluding hydrogens is 136 g/mol. The smallest absolute Gasteiger partial charge is 0.177 e. The molecule has 0 aromatic rings. The molecule has 0 saturated heterocycles. The molecule has 0 aromatic carbocycles. The molecule has 0 spiro atoms. The second kappa shape index (κ2) is 4.14. The lowest BCUT2D eigenvalue weighted by Crippen LogP contribution is -2.27. The molecule has 3 heteroatoms. The highest BCUT2D eigenvalue weighted by molar-refractivity contribution is 7.75. The largest absolute Gasteiger partial charge is 0.365 e. The minimum absolute atomic E-state index is 0.588. The molecule has 0 aliphatic rings. The highest BCUT2D eigenvalue weighted by Crippen LogP contribution is 2.19. The molecule has 0 rings (SSSR count). The molecule has 0 aliphatic heterocycles. The first kappa shape index (κ1) is 9.27. The number of rotatable bonds is 4. The third-order valence-corrected chi connectivity index (χ3v) is 1.70. The van der Waals surface area contributed by atoms with Gasteiger partial charge in [0, 0.05) is 6.42 Å². The van der Waals surface area contributed by atoms with E-state index in [0.29, 0.717) is 12.8 Å². The molecule has 1 atom stereocenters. The summed E-state index contributed by atoms with van der Waals surface area (Å²) in [6.45, 7) is 3.86. The van der Waals surface area contributed by atoms with E-state index >= 15 is 0 Å². The van der Waals surface area contributed by atoms with E-state index in [1.165, 1.54) is 0 Å². The highest BCUT2D eigenvalue weighted by Gasteiger charge is 2.22. The van der Waals surface area contributed by atoms with Crippen molar-refractivity contribution in [2.75, 3.05) is 0 Å². The molecule has 0 aromatic heterocycles. The standard InChI is InChI=1S/C6H14O2S/c1-3-5-6(7,4-2)8-9/h7,9H,3-5H2,1-2H3. The monoisotopic (exact) mass is 150 g/mol. The molecule has 2 nitrogen and oxygen atoms in total. The predicted octanol–water partition coefficient (Wildman–Crippen LogP) is 1.75. The van der Waals surface area contributed by atoms with E-state index in [1.807, 2.05) is 13.8 Å². The van der Waals surface area contributed by atoms with Crippen LogP contribution in [0.3, 0.4) is 0 Å². The van der Waals surface area contributed by atoms with Crippen LogP contribution >= 0.6 is 12.9 Å². The first-order valence-corrected chi connectivity index (χ1v) is 3.60. The zero-order valence-corrected chi connectivity index (χ0v) is 6.82. The first-order valence-electron chi connectivity index (χ1n) is 3.23. The molecule has 9 heavy (non-hydrogen) atoms. The summed E-state index contributed by atoms with van der Waals surface area (Å²) in [4.78, 5) is 0. The van der Waals surface area contributed by atoms with Gasteiger partial charge in [-0.1, -0.05) is 20.3 Å². The third-order valence-electron chi connectivity index (χ3n) is 1.36. The van der Waals surface area contributed by atoms with Crippen molar-refractivity contribution in [3.8, 4) is 0 Å². The Labute approximate surface area is 61.8 Å². The highest BCUT2D eigenvalue weighted by atomic mass is 32.1. The van der Waals surface area contributed by atoms with Crippen molar-refractivity contribution in [2.45, 2.75) is 38.9 Å². The number of thiol groups is 1. The van der Waals surface area contributed by atoms with Crippen molar-refractivity contribution >= 4 is 12.9 Å². The van der Waals surface area contributed by atoms with Gasteiger partial charge in [-0.25, -0.2) is 0 Å². The predicted molar refractivity (Wildman–Crippen MR) is 40.2 cm³/mol. The normalized spacial score (nSPS) is 17.3. The maximum atomic E-state index is 9.33. The van der Waals surface area contributed by atoms with Crippen LogP contribution in [0.15, 0.2) is 0 Å². The third kappa shape index (κ3) is 3.08. The van der Waals surface area contributed by atoms with Gasteiger partial charge in [0.05, 0.1) is 0 Å². The Kier molecular flexibility index (Phi) is 4.27. The molecule has 0 fully saturated rings. The Hall–Kier alpha value is 0.270. The van der Waals surface area contributed by atoms with Crippen LogP contribution in [0.4, 0.5) is 0 Å². The fraction of sp³-hybridized carbons (Fsp3) is 1.00. The van der Waals surface area contributed by atoms with Gasteiger partial charge in [-0.3, -0.25) is 4.18 Å². The van der Waals surface area contributed by atoms with Crippen molar-refractivity contribution in [2.24, 2.45) is 0 Å². The Morgan fingerprint density at radius 2 is 2.11 bits per heavy atom. The van der Waals surface area contributed by atoms with Crippen LogP contribution in [-0.4, -0.2) is 10.9 Å². The van der Waals surface area contributed by atoms with Crippen molar-refractivity contribution in [1.29, 1.82) is 0 Å². The van der Waals surface area contributed by atoms with Crippen molar-refractivity contribution in [3.63, 3.8) is 0 Å². The van der Waals surface area contributed by atoms with Gasteiger partial charge in [-0.05, 0) is 19.3 Å². The topological polar surface area (TPSA) is 29.5 Å². The van der Waals surface area contributed by atoms with Crippen molar-refractivity contribution in [1.82, 2.24) is 0 Å². The van der Waals surface area contributed by atoms with Crippen LogP contribution in [0.1, 0.15) is 33.1 Å². The second-order valence-corrected chi connectivity index (χ2v) is 2.32. The molecular formula is C6H14O2S. The Morgan fingerprint density at radius 3 is 2.22 bits per heavy atom. The van der Waals surface area contributed by atoms with Gasteiger partial charge < -0.3 is 5.11 Å². The Balaban J connectivity index is 3.62. The summed E-state index contributed by atoms with van der Waals surface area (Å²) >= 11 is 3.57. The van der Waals surface area contributed by atoms with Gasteiger partial charge in [0.25, 0.3) is 0 Å². The molecule has 0 saturated carbocycles. The maximum Gasteiger partial charge on any atom is 0.177 e. The summed E-state index contributed by atoms with van der Waals surface area (Å²) in [5.74, 6) is -1.00. The van der Waals surface area contributed by atoms with Crippen molar-refractivity contribution < 1.29 is 9.29 Å². The van der Waals surface area contributed by atoms with E-state index in [-0.39, 0.29) is 0 Å². The lowest BCUT2D eigenvalue weighted by Gasteiger charge is -2.22. The zero-order valence-electron chi connectivity index (χ0n) is 5.92. The van der Waals surface area contributed by atoms with E-state index < -0.39 is 5.79 Å². The van der Waals surface area contributed by atoms with Gasteiger partial charge >= 0.3 is 0 Å². The average molecular weight is 150 g/mol. The minimum Gasteiger partial charge on any atom is -0.365 e. The van der Waals surface area contributed by atoms with Gasteiger partial charge in [0.1, 0.15) is 0 Å². The summed E-state index contributed by atoms with van der Waals surface area (Å²) in [5, 5.41) is 9.33. The SMILES string of the molecule is CCCC(O)(CC)OS. The molecule has 0 amide bonds. The van der Waals surface area contributed by atoms with Crippen molar-refractivity contribution in [3.05, 3.63) is 0 Å². The second-order valence-electron chi connectivity index (χ2n) is 2.14. The summed E-state index contributed by atoms with van der Waals surface area (Å²) < 4.78 is 4.58.